The zero-order valence-electron chi connectivity index (χ0n) is 13.1. The molecule has 1 unspecified atom stereocenters. The summed E-state index contributed by atoms with van der Waals surface area (Å²) in [7, 11) is 0. The highest BCUT2D eigenvalue weighted by molar-refractivity contribution is 6.31. The minimum absolute atomic E-state index is 0.0987. The number of benzene rings is 2. The molecular formula is C19H19ClFNO. The highest BCUT2D eigenvalue weighted by Gasteiger charge is 2.30. The van der Waals surface area contributed by atoms with E-state index in [1.807, 2.05) is 29.2 Å². The van der Waals surface area contributed by atoms with Crippen molar-refractivity contribution in [3.63, 3.8) is 0 Å². The molecule has 120 valence electrons. The monoisotopic (exact) mass is 331 g/mol. The van der Waals surface area contributed by atoms with Crippen LogP contribution in [0.4, 0.5) is 4.39 Å². The standard InChI is InChI=1S/C19H19ClFNO/c1-13-8-9-15(12-18(13)21)19(23)22-10-4-6-16(22)11-14-5-2-3-7-17(14)20/h2-3,5,7-9,12,16H,4,6,10-11H2,1H3. The summed E-state index contributed by atoms with van der Waals surface area (Å²) in [5, 5.41) is 0.730. The second-order valence-electron chi connectivity index (χ2n) is 6.05. The van der Waals surface area contributed by atoms with Crippen LogP contribution >= 0.6 is 11.6 Å². The molecule has 2 aromatic rings. The predicted octanol–water partition coefficient (Wildman–Crippen LogP) is 4.63. The quantitative estimate of drug-likeness (QED) is 0.802. The van der Waals surface area contributed by atoms with E-state index in [4.69, 9.17) is 11.6 Å². The number of nitrogens with zero attached hydrogens (tertiary/aromatic N) is 1. The molecule has 3 rings (SSSR count). The minimum Gasteiger partial charge on any atom is -0.335 e. The molecule has 1 saturated heterocycles. The van der Waals surface area contributed by atoms with Crippen molar-refractivity contribution in [2.75, 3.05) is 6.54 Å². The van der Waals surface area contributed by atoms with Crippen LogP contribution in [0.2, 0.25) is 5.02 Å². The van der Waals surface area contributed by atoms with Gasteiger partial charge in [-0.2, -0.15) is 0 Å². The van der Waals surface area contributed by atoms with Crippen LogP contribution in [0.3, 0.4) is 0 Å². The molecule has 1 aliphatic heterocycles. The molecule has 1 fully saturated rings. The molecule has 1 aliphatic rings. The Hall–Kier alpha value is -1.87. The molecule has 1 atom stereocenters. The van der Waals surface area contributed by atoms with Crippen LogP contribution in [0.25, 0.3) is 0 Å². The van der Waals surface area contributed by atoms with Crippen LogP contribution in [-0.4, -0.2) is 23.4 Å². The Morgan fingerprint density at radius 1 is 1.30 bits per heavy atom. The van der Waals surface area contributed by atoms with Crippen molar-refractivity contribution in [1.82, 2.24) is 4.90 Å². The van der Waals surface area contributed by atoms with Gasteiger partial charge in [0.1, 0.15) is 5.82 Å². The lowest BCUT2D eigenvalue weighted by Gasteiger charge is -2.25. The van der Waals surface area contributed by atoms with Crippen LogP contribution in [0.1, 0.15) is 34.3 Å². The van der Waals surface area contributed by atoms with Gasteiger partial charge in [-0.1, -0.05) is 35.9 Å². The lowest BCUT2D eigenvalue weighted by atomic mass is 10.0. The van der Waals surface area contributed by atoms with Crippen LogP contribution in [-0.2, 0) is 6.42 Å². The van der Waals surface area contributed by atoms with Gasteiger partial charge in [0.05, 0.1) is 0 Å². The number of aryl methyl sites for hydroxylation is 1. The molecule has 4 heteroatoms. The maximum Gasteiger partial charge on any atom is 0.254 e. The summed E-state index contributed by atoms with van der Waals surface area (Å²) in [5.74, 6) is -0.434. The fraction of sp³-hybridized carbons (Fsp3) is 0.316. The van der Waals surface area contributed by atoms with Crippen molar-refractivity contribution < 1.29 is 9.18 Å². The molecule has 0 aromatic heterocycles. The van der Waals surface area contributed by atoms with Crippen molar-refractivity contribution in [3.8, 4) is 0 Å². The van der Waals surface area contributed by atoms with E-state index in [1.165, 1.54) is 6.07 Å². The summed E-state index contributed by atoms with van der Waals surface area (Å²) in [5.41, 5.74) is 2.02. The highest BCUT2D eigenvalue weighted by atomic mass is 35.5. The van der Waals surface area contributed by atoms with Crippen LogP contribution < -0.4 is 0 Å². The average molecular weight is 332 g/mol. The summed E-state index contributed by atoms with van der Waals surface area (Å²) in [4.78, 5) is 14.6. The molecular weight excluding hydrogens is 313 g/mol. The number of amides is 1. The zero-order chi connectivity index (χ0) is 16.4. The smallest absolute Gasteiger partial charge is 0.254 e. The van der Waals surface area contributed by atoms with E-state index >= 15 is 0 Å². The number of carbonyl (C=O) groups is 1. The van der Waals surface area contributed by atoms with Gasteiger partial charge >= 0.3 is 0 Å². The molecule has 0 aliphatic carbocycles. The molecule has 2 nitrogen and oxygen atoms in total. The fourth-order valence-electron chi connectivity index (χ4n) is 3.12. The van der Waals surface area contributed by atoms with E-state index in [0.717, 1.165) is 29.8 Å². The first-order valence-corrected chi connectivity index (χ1v) is 8.24. The van der Waals surface area contributed by atoms with E-state index in [-0.39, 0.29) is 17.8 Å². The van der Waals surface area contributed by atoms with Crippen LogP contribution in [0, 0.1) is 12.7 Å². The highest BCUT2D eigenvalue weighted by Crippen LogP contribution is 2.26. The predicted molar refractivity (Wildman–Crippen MR) is 90.4 cm³/mol. The Labute approximate surface area is 140 Å². The van der Waals surface area contributed by atoms with Gasteiger partial charge in [-0.3, -0.25) is 4.79 Å². The average Bonchev–Trinajstić information content (AvgIpc) is 3.00. The van der Waals surface area contributed by atoms with Gasteiger partial charge in [0.2, 0.25) is 0 Å². The van der Waals surface area contributed by atoms with Crippen molar-refractivity contribution >= 4 is 17.5 Å². The maximum absolute atomic E-state index is 13.7. The number of hydrogen-bond acceptors (Lipinski definition) is 1. The SMILES string of the molecule is Cc1ccc(C(=O)N2CCCC2Cc2ccccc2Cl)cc1F. The molecule has 0 bridgehead atoms. The molecule has 0 saturated carbocycles. The topological polar surface area (TPSA) is 20.3 Å². The first kappa shape index (κ1) is 16.0. The number of halogens is 2. The van der Waals surface area contributed by atoms with Gasteiger partial charge in [0.25, 0.3) is 5.91 Å². The molecule has 2 aromatic carbocycles. The van der Waals surface area contributed by atoms with Crippen molar-refractivity contribution in [1.29, 1.82) is 0 Å². The Morgan fingerprint density at radius 3 is 2.83 bits per heavy atom. The number of likely N-dealkylation sites (tertiary alicyclic amines) is 1. The number of rotatable bonds is 3. The van der Waals surface area contributed by atoms with Crippen LogP contribution in [0.5, 0.6) is 0 Å². The van der Waals surface area contributed by atoms with E-state index < -0.39 is 0 Å². The first-order chi connectivity index (χ1) is 11.1. The lowest BCUT2D eigenvalue weighted by Crippen LogP contribution is -2.36. The molecule has 23 heavy (non-hydrogen) atoms. The first-order valence-electron chi connectivity index (χ1n) is 7.87. The van der Waals surface area contributed by atoms with Gasteiger partial charge in [0.15, 0.2) is 0 Å². The van der Waals surface area contributed by atoms with E-state index in [0.29, 0.717) is 17.7 Å². The summed E-state index contributed by atoms with van der Waals surface area (Å²) >= 11 is 6.23. The Bertz CT molecular complexity index is 731. The van der Waals surface area contributed by atoms with Gasteiger partial charge in [-0.05, 0) is 55.5 Å². The molecule has 0 radical (unpaired) electrons. The van der Waals surface area contributed by atoms with E-state index in [1.54, 1.807) is 19.1 Å². The Kier molecular flexibility index (Phi) is 4.67. The molecule has 1 heterocycles. The Balaban J connectivity index is 1.79. The van der Waals surface area contributed by atoms with Gasteiger partial charge < -0.3 is 4.90 Å². The second-order valence-corrected chi connectivity index (χ2v) is 6.46. The van der Waals surface area contributed by atoms with Crippen molar-refractivity contribution in [3.05, 3.63) is 70.0 Å². The largest absolute Gasteiger partial charge is 0.335 e. The summed E-state index contributed by atoms with van der Waals surface area (Å²) in [6, 6.07) is 12.5. The minimum atomic E-state index is -0.335. The lowest BCUT2D eigenvalue weighted by molar-refractivity contribution is 0.0736. The molecule has 0 spiro atoms. The van der Waals surface area contributed by atoms with Gasteiger partial charge in [-0.15, -0.1) is 0 Å². The normalized spacial score (nSPS) is 17.5. The zero-order valence-corrected chi connectivity index (χ0v) is 13.8. The molecule has 1 amide bonds. The molecule has 0 N–H and O–H groups in total. The van der Waals surface area contributed by atoms with Gasteiger partial charge in [0, 0.05) is 23.2 Å². The third kappa shape index (κ3) is 3.40. The summed E-state index contributed by atoms with van der Waals surface area (Å²) < 4.78 is 13.7. The maximum atomic E-state index is 13.7. The number of carbonyl (C=O) groups excluding carboxylic acids is 1. The van der Waals surface area contributed by atoms with Gasteiger partial charge in [-0.25, -0.2) is 4.39 Å². The van der Waals surface area contributed by atoms with Crippen molar-refractivity contribution in [2.24, 2.45) is 0 Å². The summed E-state index contributed by atoms with van der Waals surface area (Å²) in [6.07, 6.45) is 2.65. The third-order valence-corrected chi connectivity index (χ3v) is 4.84. The van der Waals surface area contributed by atoms with E-state index in [2.05, 4.69) is 0 Å². The second kappa shape index (κ2) is 6.71. The summed E-state index contributed by atoms with van der Waals surface area (Å²) in [6.45, 7) is 2.41. The third-order valence-electron chi connectivity index (χ3n) is 4.47. The van der Waals surface area contributed by atoms with E-state index in [9.17, 15) is 9.18 Å². The van der Waals surface area contributed by atoms with Crippen molar-refractivity contribution in [2.45, 2.75) is 32.2 Å². The Morgan fingerprint density at radius 2 is 2.09 bits per heavy atom. The van der Waals surface area contributed by atoms with Crippen LogP contribution in [0.15, 0.2) is 42.5 Å². The fourth-order valence-corrected chi connectivity index (χ4v) is 3.34. The number of hydrogen-bond donors (Lipinski definition) is 0.